The molecule has 0 aliphatic carbocycles. The molecular weight excluding hydrogens is 488 g/mol. The van der Waals surface area contributed by atoms with Gasteiger partial charge in [0.25, 0.3) is 0 Å². The van der Waals surface area contributed by atoms with Crippen molar-refractivity contribution in [1.82, 2.24) is 15.6 Å². The first-order chi connectivity index (χ1) is 12.7. The molecule has 162 valence electrons. The second kappa shape index (κ2) is 13.8. The van der Waals surface area contributed by atoms with E-state index >= 15 is 0 Å². The maximum absolute atomic E-state index is 12.2. The van der Waals surface area contributed by atoms with Gasteiger partial charge in [0.15, 0.2) is 12.6 Å². The summed E-state index contributed by atoms with van der Waals surface area (Å²) >= 11 is 0. The number of aromatic nitrogens is 1. The summed E-state index contributed by atoms with van der Waals surface area (Å²) in [4.78, 5) is 7.92. The van der Waals surface area contributed by atoms with Crippen LogP contribution in [0.1, 0.15) is 32.8 Å². The van der Waals surface area contributed by atoms with Gasteiger partial charge in [-0.2, -0.15) is 13.2 Å². The molecule has 2 N–H and O–H groups in total. The van der Waals surface area contributed by atoms with Crippen molar-refractivity contribution in [2.45, 2.75) is 46.0 Å². The van der Waals surface area contributed by atoms with Crippen LogP contribution < -0.4 is 15.4 Å². The second-order valence-electron chi connectivity index (χ2n) is 6.29. The minimum atomic E-state index is -4.39. The number of ether oxygens (including phenoxy) is 2. The fourth-order valence-electron chi connectivity index (χ4n) is 2.36. The average molecular weight is 518 g/mol. The Kier molecular flexibility index (Phi) is 13.2. The SMILES string of the molecule is CCOC(CCNC(=NC)NCc1ccnc(OCC(F)(F)F)c1)C(C)C.I. The highest BCUT2D eigenvalue weighted by Crippen LogP contribution is 2.17. The quantitative estimate of drug-likeness (QED) is 0.281. The van der Waals surface area contributed by atoms with Gasteiger partial charge in [-0.1, -0.05) is 13.8 Å². The third-order valence-corrected chi connectivity index (χ3v) is 3.71. The third-order valence-electron chi connectivity index (χ3n) is 3.71. The maximum atomic E-state index is 12.2. The van der Waals surface area contributed by atoms with Gasteiger partial charge < -0.3 is 20.1 Å². The van der Waals surface area contributed by atoms with Crippen LogP contribution in [0.15, 0.2) is 23.3 Å². The summed E-state index contributed by atoms with van der Waals surface area (Å²) in [7, 11) is 1.65. The number of nitrogens with zero attached hydrogens (tertiary/aromatic N) is 2. The van der Waals surface area contributed by atoms with Crippen molar-refractivity contribution < 1.29 is 22.6 Å². The third kappa shape index (κ3) is 11.5. The van der Waals surface area contributed by atoms with Crippen molar-refractivity contribution in [3.63, 3.8) is 0 Å². The predicted molar refractivity (Wildman–Crippen MR) is 114 cm³/mol. The zero-order valence-corrected chi connectivity index (χ0v) is 19.0. The minimum absolute atomic E-state index is 0. The number of hydrogen-bond acceptors (Lipinski definition) is 4. The van der Waals surface area contributed by atoms with Crippen LogP contribution in [0.4, 0.5) is 13.2 Å². The molecule has 0 spiro atoms. The molecule has 1 rings (SSSR count). The molecule has 28 heavy (non-hydrogen) atoms. The van der Waals surface area contributed by atoms with Crippen molar-refractivity contribution >= 4 is 29.9 Å². The smallest absolute Gasteiger partial charge is 0.422 e. The normalized spacial score (nSPS) is 13.1. The van der Waals surface area contributed by atoms with Crippen molar-refractivity contribution in [3.05, 3.63) is 23.9 Å². The van der Waals surface area contributed by atoms with Crippen molar-refractivity contribution in [1.29, 1.82) is 0 Å². The van der Waals surface area contributed by atoms with Gasteiger partial charge in [0.1, 0.15) is 0 Å². The summed E-state index contributed by atoms with van der Waals surface area (Å²) < 4.78 is 47.0. The molecule has 1 atom stereocenters. The Bertz CT molecular complexity index is 586. The van der Waals surface area contributed by atoms with Crippen LogP contribution in [0.25, 0.3) is 0 Å². The van der Waals surface area contributed by atoms with E-state index in [9.17, 15) is 13.2 Å². The first-order valence-electron chi connectivity index (χ1n) is 8.95. The van der Waals surface area contributed by atoms with E-state index in [1.807, 2.05) is 6.92 Å². The van der Waals surface area contributed by atoms with E-state index in [2.05, 4.69) is 39.2 Å². The molecule has 1 aromatic rings. The van der Waals surface area contributed by atoms with Gasteiger partial charge in [-0.3, -0.25) is 4.99 Å². The van der Waals surface area contributed by atoms with E-state index in [-0.39, 0.29) is 36.0 Å². The van der Waals surface area contributed by atoms with Crippen LogP contribution in [-0.4, -0.2) is 50.0 Å². The molecule has 6 nitrogen and oxygen atoms in total. The summed E-state index contributed by atoms with van der Waals surface area (Å²) in [5.41, 5.74) is 0.736. The molecule has 0 amide bonds. The lowest BCUT2D eigenvalue weighted by Crippen LogP contribution is -2.38. The zero-order valence-electron chi connectivity index (χ0n) is 16.7. The molecule has 10 heteroatoms. The van der Waals surface area contributed by atoms with Crippen LogP contribution in [0.5, 0.6) is 5.88 Å². The number of hydrogen-bond donors (Lipinski definition) is 2. The Morgan fingerprint density at radius 2 is 2.00 bits per heavy atom. The van der Waals surface area contributed by atoms with Crippen LogP contribution in [0.2, 0.25) is 0 Å². The predicted octanol–water partition coefficient (Wildman–Crippen LogP) is 3.76. The Balaban J connectivity index is 0.00000729. The number of aliphatic imine (C=N–C) groups is 1. The molecule has 0 fully saturated rings. The largest absolute Gasteiger partial charge is 0.468 e. The molecule has 1 unspecified atom stereocenters. The van der Waals surface area contributed by atoms with Gasteiger partial charge >= 0.3 is 6.18 Å². The van der Waals surface area contributed by atoms with Gasteiger partial charge in [-0.15, -0.1) is 24.0 Å². The summed E-state index contributed by atoms with van der Waals surface area (Å²) in [6.07, 6.45) is -1.96. The number of guanidine groups is 1. The molecule has 0 aliphatic heterocycles. The zero-order chi connectivity index (χ0) is 20.3. The highest BCUT2D eigenvalue weighted by molar-refractivity contribution is 14.0. The number of halogens is 4. The lowest BCUT2D eigenvalue weighted by molar-refractivity contribution is -0.154. The van der Waals surface area contributed by atoms with Crippen LogP contribution in [-0.2, 0) is 11.3 Å². The molecule has 0 radical (unpaired) electrons. The molecular formula is C18H30F3IN4O2. The summed E-state index contributed by atoms with van der Waals surface area (Å²) in [6, 6.07) is 3.17. The second-order valence-corrected chi connectivity index (χ2v) is 6.29. The van der Waals surface area contributed by atoms with Gasteiger partial charge in [-0.25, -0.2) is 4.98 Å². The highest BCUT2D eigenvalue weighted by atomic mass is 127. The summed E-state index contributed by atoms with van der Waals surface area (Å²) in [5.74, 6) is 0.961. The molecule has 0 bridgehead atoms. The van der Waals surface area contributed by atoms with Crippen molar-refractivity contribution in [3.8, 4) is 5.88 Å². The first kappa shape index (κ1) is 26.7. The highest BCUT2D eigenvalue weighted by Gasteiger charge is 2.28. The Hall–Kier alpha value is -1.30. The number of pyridine rings is 1. The molecule has 1 heterocycles. The van der Waals surface area contributed by atoms with E-state index in [0.717, 1.165) is 12.0 Å². The van der Waals surface area contributed by atoms with Crippen LogP contribution in [0, 0.1) is 5.92 Å². The van der Waals surface area contributed by atoms with E-state index in [0.29, 0.717) is 31.6 Å². The first-order valence-corrected chi connectivity index (χ1v) is 8.95. The molecule has 0 saturated carbocycles. The lowest BCUT2D eigenvalue weighted by Gasteiger charge is -2.21. The van der Waals surface area contributed by atoms with E-state index in [1.165, 1.54) is 12.3 Å². The van der Waals surface area contributed by atoms with E-state index in [1.54, 1.807) is 13.1 Å². The topological polar surface area (TPSA) is 67.8 Å². The number of nitrogens with one attached hydrogen (secondary N) is 2. The summed E-state index contributed by atoms with van der Waals surface area (Å²) in [6.45, 7) is 6.60. The minimum Gasteiger partial charge on any atom is -0.468 e. The Morgan fingerprint density at radius 1 is 1.29 bits per heavy atom. The average Bonchev–Trinajstić information content (AvgIpc) is 2.61. The van der Waals surface area contributed by atoms with Gasteiger partial charge in [0.05, 0.1) is 6.10 Å². The van der Waals surface area contributed by atoms with Gasteiger partial charge in [-0.05, 0) is 30.9 Å². The maximum Gasteiger partial charge on any atom is 0.422 e. The van der Waals surface area contributed by atoms with Crippen LogP contribution in [0.3, 0.4) is 0 Å². The van der Waals surface area contributed by atoms with E-state index in [4.69, 9.17) is 4.74 Å². The van der Waals surface area contributed by atoms with Crippen molar-refractivity contribution in [2.24, 2.45) is 10.9 Å². The molecule has 0 saturated heterocycles. The molecule has 1 aromatic heterocycles. The monoisotopic (exact) mass is 518 g/mol. The van der Waals surface area contributed by atoms with Gasteiger partial charge in [0.2, 0.25) is 5.88 Å². The van der Waals surface area contributed by atoms with Crippen molar-refractivity contribution in [2.75, 3.05) is 26.8 Å². The standard InChI is InChI=1S/C18H29F3N4O2.HI/c1-5-26-15(13(2)3)7-9-24-17(22-4)25-11-14-6-8-23-16(10-14)27-12-18(19,20)21;/h6,8,10,13,15H,5,7,9,11-12H2,1-4H3,(H2,22,24,25);1H. The number of alkyl halides is 3. The number of rotatable bonds is 10. The fourth-order valence-corrected chi connectivity index (χ4v) is 2.36. The van der Waals surface area contributed by atoms with E-state index < -0.39 is 12.8 Å². The molecule has 0 aromatic carbocycles. The van der Waals surface area contributed by atoms with Gasteiger partial charge in [0, 0.05) is 39.0 Å². The molecule has 0 aliphatic rings. The summed E-state index contributed by atoms with van der Waals surface area (Å²) in [5, 5.41) is 6.32. The Labute approximate surface area is 181 Å². The fraction of sp³-hybridized carbons (Fsp3) is 0.667. The Morgan fingerprint density at radius 3 is 2.57 bits per heavy atom. The lowest BCUT2D eigenvalue weighted by atomic mass is 10.0. The van der Waals surface area contributed by atoms with Crippen LogP contribution >= 0.6 is 24.0 Å².